The number of halogens is 3. The summed E-state index contributed by atoms with van der Waals surface area (Å²) >= 11 is 0. The Morgan fingerprint density at radius 3 is 2.41 bits per heavy atom. The molecular formula is C36H39F3N4O7S. The Kier molecular flexibility index (Phi) is 10.7. The third-order valence-electron chi connectivity index (χ3n) is 8.43. The van der Waals surface area contributed by atoms with Crippen molar-refractivity contribution in [2.75, 3.05) is 24.7 Å². The fourth-order valence-corrected chi connectivity index (χ4v) is 7.85. The van der Waals surface area contributed by atoms with Gasteiger partial charge >= 0.3 is 12.1 Å². The number of likely N-dealkylation sites (N-methyl/N-ethyl adjacent to an activating group) is 1. The molecule has 15 heteroatoms. The lowest BCUT2D eigenvalue weighted by Crippen LogP contribution is -2.54. The van der Waals surface area contributed by atoms with Gasteiger partial charge in [-0.3, -0.25) is 4.79 Å². The fourth-order valence-electron chi connectivity index (χ4n) is 5.77. The molecule has 3 N–H and O–H groups in total. The normalized spacial score (nSPS) is 14.7. The van der Waals surface area contributed by atoms with Gasteiger partial charge in [-0.15, -0.1) is 0 Å². The van der Waals surface area contributed by atoms with E-state index in [4.69, 9.17) is 19.9 Å². The zero-order chi connectivity index (χ0) is 37.1. The van der Waals surface area contributed by atoms with Gasteiger partial charge in [0.1, 0.15) is 5.82 Å². The lowest BCUT2D eigenvalue weighted by molar-refractivity contribution is -0.215. The van der Waals surface area contributed by atoms with Crippen LogP contribution in [0.4, 0.5) is 24.7 Å². The first-order valence-electron chi connectivity index (χ1n) is 16.3. The second-order valence-electron chi connectivity index (χ2n) is 12.5. The topological polar surface area (TPSA) is 150 Å². The molecule has 0 aliphatic heterocycles. The van der Waals surface area contributed by atoms with Gasteiger partial charge in [0.25, 0.3) is 11.6 Å². The highest BCUT2D eigenvalue weighted by Gasteiger charge is 2.53. The van der Waals surface area contributed by atoms with Crippen LogP contribution in [-0.4, -0.2) is 61.4 Å². The summed E-state index contributed by atoms with van der Waals surface area (Å²) < 4.78 is 86.0. The van der Waals surface area contributed by atoms with Crippen LogP contribution >= 0.6 is 0 Å². The second-order valence-corrected chi connectivity index (χ2v) is 14.7. The molecule has 0 bridgehead atoms. The van der Waals surface area contributed by atoms with E-state index in [0.717, 1.165) is 11.3 Å². The van der Waals surface area contributed by atoms with Gasteiger partial charge in [0.15, 0.2) is 21.3 Å². The van der Waals surface area contributed by atoms with Crippen molar-refractivity contribution in [2.45, 2.75) is 74.7 Å². The lowest BCUT2D eigenvalue weighted by Gasteiger charge is -2.37. The van der Waals surface area contributed by atoms with E-state index in [1.807, 2.05) is 0 Å². The van der Waals surface area contributed by atoms with Crippen LogP contribution in [0.5, 0.6) is 11.5 Å². The summed E-state index contributed by atoms with van der Waals surface area (Å²) in [7, 11) is -2.49. The number of ether oxygens (including phenoxy) is 3. The number of hydrogen-bond acceptors (Lipinski definition) is 10. The van der Waals surface area contributed by atoms with Crippen LogP contribution in [-0.2, 0) is 36.4 Å². The summed E-state index contributed by atoms with van der Waals surface area (Å²) in [6, 6.07) is 16.2. The molecule has 1 heterocycles. The second kappa shape index (κ2) is 14.7. The minimum absolute atomic E-state index is 0.00902. The van der Waals surface area contributed by atoms with Crippen molar-refractivity contribution in [1.82, 2.24) is 9.88 Å². The van der Waals surface area contributed by atoms with Gasteiger partial charge < -0.3 is 30.2 Å². The smallest absolute Gasteiger partial charge is 0.490 e. The predicted octanol–water partition coefficient (Wildman–Crippen LogP) is 6.36. The largest absolute Gasteiger partial charge is 0.491 e. The number of carbonyl (C=O) groups excluding carboxylic acids is 2. The Bertz CT molecular complexity index is 2040. The number of amides is 1. The number of esters is 1. The number of pyridine rings is 1. The highest BCUT2D eigenvalue weighted by atomic mass is 32.2. The monoisotopic (exact) mass is 728 g/mol. The molecule has 1 amide bonds. The van der Waals surface area contributed by atoms with E-state index in [1.165, 1.54) is 55.7 Å². The van der Waals surface area contributed by atoms with Gasteiger partial charge in [0.2, 0.25) is 0 Å². The third-order valence-corrected chi connectivity index (χ3v) is 10.8. The summed E-state index contributed by atoms with van der Waals surface area (Å²) in [4.78, 5) is 32.7. The van der Waals surface area contributed by atoms with Crippen molar-refractivity contribution in [3.63, 3.8) is 0 Å². The number of nitrogen functional groups attached to an aromatic ring is 1. The van der Waals surface area contributed by atoms with E-state index in [0.29, 0.717) is 23.6 Å². The lowest BCUT2D eigenvalue weighted by atomic mass is 9.98. The van der Waals surface area contributed by atoms with Crippen molar-refractivity contribution in [3.05, 3.63) is 84.1 Å². The average Bonchev–Trinajstić information content (AvgIpc) is 3.03. The summed E-state index contributed by atoms with van der Waals surface area (Å²) in [5.74, 6) is -3.30. The minimum atomic E-state index is -5.51. The number of aromatic nitrogens is 1. The molecule has 1 aromatic heterocycles. The molecular weight excluding hydrogens is 689 g/mol. The standard InChI is InChI=1S/C36H39F3N4O7S/c1-5-48-30-20-25(13-16-29(30)49-22(2)3)35(50-34(45)36(37,38)39,42-26-14-15-28-23(19-26)17-18-41-32(28)40)33(44)43(4)21-24-9-6-7-12-31(24)51(46,47)27-10-8-11-27/h6-7,9,12-20,22,27,42H,5,8,10-11,21H2,1-4H3,(H2,40,41)/t35-/m1/s1. The molecule has 3 aromatic carbocycles. The molecule has 11 nitrogen and oxygen atoms in total. The molecule has 4 aromatic rings. The zero-order valence-electron chi connectivity index (χ0n) is 28.5. The minimum Gasteiger partial charge on any atom is -0.490 e. The van der Waals surface area contributed by atoms with Crippen LogP contribution in [0.2, 0.25) is 0 Å². The molecule has 1 aliphatic rings. The number of carbonyl (C=O) groups is 2. The zero-order valence-corrected chi connectivity index (χ0v) is 29.3. The highest BCUT2D eigenvalue weighted by molar-refractivity contribution is 7.92. The number of benzene rings is 3. The molecule has 0 radical (unpaired) electrons. The number of anilines is 2. The Morgan fingerprint density at radius 1 is 1.04 bits per heavy atom. The van der Waals surface area contributed by atoms with Crippen molar-refractivity contribution >= 4 is 44.0 Å². The average molecular weight is 729 g/mol. The summed E-state index contributed by atoms with van der Waals surface area (Å²) in [6.07, 6.45) is -2.62. The van der Waals surface area contributed by atoms with Crippen LogP contribution in [0.1, 0.15) is 51.2 Å². The molecule has 0 unspecified atom stereocenters. The maximum atomic E-state index is 14.8. The van der Waals surface area contributed by atoms with E-state index >= 15 is 0 Å². The molecule has 1 fully saturated rings. The maximum Gasteiger partial charge on any atom is 0.491 e. The van der Waals surface area contributed by atoms with E-state index in [1.54, 1.807) is 45.0 Å². The molecule has 272 valence electrons. The van der Waals surface area contributed by atoms with Crippen molar-refractivity contribution in [3.8, 4) is 11.5 Å². The SMILES string of the molecule is CCOc1cc([C@@](Nc2ccc3c(N)nccc3c2)(OC(=O)C(F)(F)F)C(=O)N(C)Cc2ccccc2S(=O)(=O)C2CCC2)ccc1OC(C)C. The van der Waals surface area contributed by atoms with Crippen LogP contribution in [0.25, 0.3) is 10.8 Å². The Morgan fingerprint density at radius 2 is 1.76 bits per heavy atom. The van der Waals surface area contributed by atoms with Gasteiger partial charge in [-0.2, -0.15) is 13.2 Å². The van der Waals surface area contributed by atoms with Gasteiger partial charge in [-0.25, -0.2) is 18.2 Å². The number of hydrogen-bond donors (Lipinski definition) is 2. The number of nitrogens with two attached hydrogens (primary N) is 1. The first kappa shape index (κ1) is 37.2. The predicted molar refractivity (Wildman–Crippen MR) is 185 cm³/mol. The van der Waals surface area contributed by atoms with Gasteiger partial charge in [0.05, 0.1) is 22.9 Å². The number of rotatable bonds is 13. The number of nitrogens with one attached hydrogen (secondary N) is 1. The van der Waals surface area contributed by atoms with Crippen molar-refractivity contribution in [2.24, 2.45) is 0 Å². The first-order chi connectivity index (χ1) is 24.1. The molecule has 51 heavy (non-hydrogen) atoms. The van der Waals surface area contributed by atoms with Crippen molar-refractivity contribution in [1.29, 1.82) is 0 Å². The van der Waals surface area contributed by atoms with Crippen LogP contribution in [0, 0.1) is 0 Å². The summed E-state index contributed by atoms with van der Waals surface area (Å²) in [6.45, 7) is 4.99. The molecule has 1 aliphatic carbocycles. The van der Waals surface area contributed by atoms with Crippen LogP contribution < -0.4 is 20.5 Å². The van der Waals surface area contributed by atoms with E-state index in [-0.39, 0.29) is 58.3 Å². The fraction of sp³-hybridized carbons (Fsp3) is 0.361. The van der Waals surface area contributed by atoms with Gasteiger partial charge in [-0.05, 0) is 93.1 Å². The summed E-state index contributed by atoms with van der Waals surface area (Å²) in [5, 5.41) is 3.27. The van der Waals surface area contributed by atoms with E-state index in [2.05, 4.69) is 10.3 Å². The van der Waals surface area contributed by atoms with E-state index < -0.39 is 38.9 Å². The Balaban J connectivity index is 1.69. The molecule has 1 saturated carbocycles. The number of sulfone groups is 1. The van der Waals surface area contributed by atoms with Gasteiger partial charge in [-0.1, -0.05) is 24.6 Å². The van der Waals surface area contributed by atoms with Crippen LogP contribution in [0.15, 0.2) is 77.8 Å². The number of alkyl halides is 3. The quantitative estimate of drug-likeness (QED) is 0.118. The number of nitrogens with zero attached hydrogens (tertiary/aromatic N) is 2. The highest BCUT2D eigenvalue weighted by Crippen LogP contribution is 2.40. The Hall–Kier alpha value is -5.05. The van der Waals surface area contributed by atoms with Crippen LogP contribution in [0.3, 0.4) is 0 Å². The third kappa shape index (κ3) is 7.82. The van der Waals surface area contributed by atoms with Crippen molar-refractivity contribution < 1.29 is 45.4 Å². The number of fused-ring (bicyclic) bond motifs is 1. The van der Waals surface area contributed by atoms with Gasteiger partial charge in [0, 0.05) is 36.4 Å². The first-order valence-corrected chi connectivity index (χ1v) is 17.9. The molecule has 0 saturated heterocycles. The molecule has 1 atom stereocenters. The van der Waals surface area contributed by atoms with E-state index in [9.17, 15) is 31.2 Å². The molecule has 0 spiro atoms. The Labute approximate surface area is 293 Å². The summed E-state index contributed by atoms with van der Waals surface area (Å²) in [5.41, 5.74) is 3.22. The maximum absolute atomic E-state index is 14.8. The molecule has 5 rings (SSSR count).